The molecule has 154 valence electrons. The molecule has 0 aromatic heterocycles. The summed E-state index contributed by atoms with van der Waals surface area (Å²) in [5.74, 6) is -1.19. The standard InChI is InChI=1S/C20H35N3O4/c1-3-13(2)17(19(25)23-11-7-10-16(23)20(26)27)22-18(24)15(21)12-14-8-5-4-6-9-14/h13-17H,3-12,21H2,1-2H3,(H,22,24)(H,26,27)/t13-,15-,16-,17-/m0/s1. The van der Waals surface area contributed by atoms with Crippen molar-refractivity contribution in [2.75, 3.05) is 6.54 Å². The molecule has 0 bridgehead atoms. The highest BCUT2D eigenvalue weighted by Crippen LogP contribution is 2.27. The van der Waals surface area contributed by atoms with Gasteiger partial charge in [-0.2, -0.15) is 0 Å². The van der Waals surface area contributed by atoms with E-state index in [1.807, 2.05) is 13.8 Å². The number of nitrogens with two attached hydrogens (primary N) is 1. The highest BCUT2D eigenvalue weighted by Gasteiger charge is 2.39. The molecular formula is C20H35N3O4. The molecule has 1 aliphatic heterocycles. The van der Waals surface area contributed by atoms with Gasteiger partial charge in [-0.05, 0) is 31.1 Å². The minimum atomic E-state index is -0.982. The fourth-order valence-electron chi connectivity index (χ4n) is 4.30. The molecule has 4 N–H and O–H groups in total. The van der Waals surface area contributed by atoms with E-state index in [0.29, 0.717) is 38.1 Å². The third-order valence-corrected chi connectivity index (χ3v) is 6.25. The summed E-state index contributed by atoms with van der Waals surface area (Å²) >= 11 is 0. The first-order chi connectivity index (χ1) is 12.8. The summed E-state index contributed by atoms with van der Waals surface area (Å²) < 4.78 is 0. The van der Waals surface area contributed by atoms with Crippen molar-refractivity contribution in [3.63, 3.8) is 0 Å². The van der Waals surface area contributed by atoms with Crippen molar-refractivity contribution in [3.8, 4) is 0 Å². The van der Waals surface area contributed by atoms with Crippen LogP contribution in [0.4, 0.5) is 0 Å². The average Bonchev–Trinajstić information content (AvgIpc) is 3.15. The predicted molar refractivity (Wildman–Crippen MR) is 103 cm³/mol. The number of likely N-dealkylation sites (tertiary alicyclic amines) is 1. The highest BCUT2D eigenvalue weighted by atomic mass is 16.4. The first-order valence-electron chi connectivity index (χ1n) is 10.4. The lowest BCUT2D eigenvalue weighted by Crippen LogP contribution is -2.56. The lowest BCUT2D eigenvalue weighted by Gasteiger charge is -2.31. The maximum absolute atomic E-state index is 13.0. The zero-order valence-corrected chi connectivity index (χ0v) is 16.7. The van der Waals surface area contributed by atoms with Crippen molar-refractivity contribution >= 4 is 17.8 Å². The molecular weight excluding hydrogens is 346 g/mol. The minimum absolute atomic E-state index is 0.0848. The molecule has 2 fully saturated rings. The molecule has 2 amide bonds. The Morgan fingerprint density at radius 1 is 1.15 bits per heavy atom. The number of carbonyl (C=O) groups is 3. The van der Waals surface area contributed by atoms with E-state index in [1.165, 1.54) is 24.2 Å². The Bertz CT molecular complexity index is 533. The van der Waals surface area contributed by atoms with Crippen molar-refractivity contribution in [2.45, 2.75) is 89.8 Å². The molecule has 1 heterocycles. The summed E-state index contributed by atoms with van der Waals surface area (Å²) in [6.07, 6.45) is 8.36. The fourth-order valence-corrected chi connectivity index (χ4v) is 4.30. The van der Waals surface area contributed by atoms with Gasteiger partial charge in [0.1, 0.15) is 12.1 Å². The van der Waals surface area contributed by atoms with Crippen molar-refractivity contribution in [3.05, 3.63) is 0 Å². The van der Waals surface area contributed by atoms with E-state index in [9.17, 15) is 19.5 Å². The molecule has 2 aliphatic rings. The molecule has 7 heteroatoms. The van der Waals surface area contributed by atoms with Gasteiger partial charge < -0.3 is 21.1 Å². The van der Waals surface area contributed by atoms with Crippen LogP contribution in [0, 0.1) is 11.8 Å². The summed E-state index contributed by atoms with van der Waals surface area (Å²) in [5.41, 5.74) is 6.14. The summed E-state index contributed by atoms with van der Waals surface area (Å²) in [6.45, 7) is 4.28. The average molecular weight is 382 g/mol. The van der Waals surface area contributed by atoms with Crippen LogP contribution in [0.25, 0.3) is 0 Å². The third-order valence-electron chi connectivity index (χ3n) is 6.25. The Hall–Kier alpha value is -1.63. The Morgan fingerprint density at radius 3 is 2.41 bits per heavy atom. The summed E-state index contributed by atoms with van der Waals surface area (Å²) in [5, 5.41) is 12.2. The molecule has 0 aromatic carbocycles. The number of aliphatic carboxylic acids is 1. The monoisotopic (exact) mass is 381 g/mol. The molecule has 0 radical (unpaired) electrons. The van der Waals surface area contributed by atoms with Crippen molar-refractivity contribution in [2.24, 2.45) is 17.6 Å². The second-order valence-electron chi connectivity index (χ2n) is 8.25. The van der Waals surface area contributed by atoms with Gasteiger partial charge in [0, 0.05) is 6.54 Å². The van der Waals surface area contributed by atoms with Gasteiger partial charge in [-0.1, -0.05) is 52.4 Å². The van der Waals surface area contributed by atoms with Crippen LogP contribution >= 0.6 is 0 Å². The van der Waals surface area contributed by atoms with E-state index in [2.05, 4.69) is 5.32 Å². The maximum Gasteiger partial charge on any atom is 0.326 e. The first kappa shape index (κ1) is 21.7. The Labute approximate surface area is 162 Å². The number of amides is 2. The molecule has 27 heavy (non-hydrogen) atoms. The molecule has 1 saturated heterocycles. The Morgan fingerprint density at radius 2 is 1.81 bits per heavy atom. The smallest absolute Gasteiger partial charge is 0.326 e. The fraction of sp³-hybridized carbons (Fsp3) is 0.850. The number of rotatable bonds is 8. The van der Waals surface area contributed by atoms with Gasteiger partial charge in [-0.3, -0.25) is 9.59 Å². The van der Waals surface area contributed by atoms with Crippen LogP contribution in [0.15, 0.2) is 0 Å². The zero-order valence-electron chi connectivity index (χ0n) is 16.7. The van der Waals surface area contributed by atoms with E-state index < -0.39 is 24.1 Å². The van der Waals surface area contributed by atoms with Crippen molar-refractivity contribution in [1.82, 2.24) is 10.2 Å². The van der Waals surface area contributed by atoms with E-state index >= 15 is 0 Å². The number of nitrogens with one attached hydrogen (secondary N) is 1. The zero-order chi connectivity index (χ0) is 20.0. The maximum atomic E-state index is 13.0. The molecule has 7 nitrogen and oxygen atoms in total. The molecule has 4 atom stereocenters. The van der Waals surface area contributed by atoms with Gasteiger partial charge in [-0.15, -0.1) is 0 Å². The molecule has 0 spiro atoms. The number of carboxylic acid groups (broad SMARTS) is 1. The number of hydrogen-bond donors (Lipinski definition) is 3. The van der Waals surface area contributed by atoms with Gasteiger partial charge in [0.25, 0.3) is 0 Å². The SMILES string of the molecule is CC[C@H](C)[C@H](NC(=O)[C@@H](N)CC1CCCCC1)C(=O)N1CCC[C@H]1C(=O)O. The molecule has 1 aliphatic carbocycles. The van der Waals surface area contributed by atoms with Gasteiger partial charge in [-0.25, -0.2) is 4.79 Å². The summed E-state index contributed by atoms with van der Waals surface area (Å²) in [4.78, 5) is 38.5. The largest absolute Gasteiger partial charge is 0.480 e. The molecule has 2 rings (SSSR count). The molecule has 1 saturated carbocycles. The third kappa shape index (κ3) is 5.67. The predicted octanol–water partition coefficient (Wildman–Crippen LogP) is 1.89. The Balaban J connectivity index is 2.01. The topological polar surface area (TPSA) is 113 Å². The van der Waals surface area contributed by atoms with Crippen molar-refractivity contribution in [1.29, 1.82) is 0 Å². The van der Waals surface area contributed by atoms with Gasteiger partial charge in [0.15, 0.2) is 0 Å². The van der Waals surface area contributed by atoms with E-state index in [0.717, 1.165) is 12.8 Å². The van der Waals surface area contributed by atoms with Crippen LogP contribution in [0.2, 0.25) is 0 Å². The summed E-state index contributed by atoms with van der Waals surface area (Å²) in [6, 6.07) is -2.14. The van der Waals surface area contributed by atoms with E-state index in [1.54, 1.807) is 0 Å². The Kier molecular flexibility index (Phi) is 8.07. The van der Waals surface area contributed by atoms with E-state index in [-0.39, 0.29) is 17.7 Å². The number of carbonyl (C=O) groups excluding carboxylic acids is 2. The van der Waals surface area contributed by atoms with Gasteiger partial charge in [0.05, 0.1) is 6.04 Å². The lowest BCUT2D eigenvalue weighted by atomic mass is 9.84. The molecule has 0 aromatic rings. The highest BCUT2D eigenvalue weighted by molar-refractivity contribution is 5.92. The second-order valence-corrected chi connectivity index (χ2v) is 8.25. The van der Waals surface area contributed by atoms with Gasteiger partial charge in [0.2, 0.25) is 11.8 Å². The second kappa shape index (κ2) is 10.1. The van der Waals surface area contributed by atoms with Crippen LogP contribution in [0.5, 0.6) is 0 Å². The lowest BCUT2D eigenvalue weighted by molar-refractivity contribution is -0.150. The van der Waals surface area contributed by atoms with Crippen LogP contribution in [0.3, 0.4) is 0 Å². The van der Waals surface area contributed by atoms with Crippen LogP contribution < -0.4 is 11.1 Å². The van der Waals surface area contributed by atoms with Crippen molar-refractivity contribution < 1.29 is 19.5 Å². The number of nitrogens with zero attached hydrogens (tertiary/aromatic N) is 1. The normalized spacial score (nSPS) is 24.3. The van der Waals surface area contributed by atoms with Crippen LogP contribution in [0.1, 0.15) is 71.6 Å². The van der Waals surface area contributed by atoms with Crippen LogP contribution in [-0.2, 0) is 14.4 Å². The summed E-state index contributed by atoms with van der Waals surface area (Å²) in [7, 11) is 0. The van der Waals surface area contributed by atoms with E-state index in [4.69, 9.17) is 5.73 Å². The molecule has 0 unspecified atom stereocenters. The number of carboxylic acids is 1. The number of hydrogen-bond acceptors (Lipinski definition) is 4. The minimum Gasteiger partial charge on any atom is -0.480 e. The quantitative estimate of drug-likeness (QED) is 0.594. The first-order valence-corrected chi connectivity index (χ1v) is 10.4. The van der Waals surface area contributed by atoms with Gasteiger partial charge >= 0.3 is 5.97 Å². The van der Waals surface area contributed by atoms with Crippen LogP contribution in [-0.4, -0.2) is 52.5 Å².